The molecule has 5 heteroatoms. The van der Waals surface area contributed by atoms with Crippen LogP contribution in [0, 0.1) is 0 Å². The van der Waals surface area contributed by atoms with Crippen LogP contribution in [0.3, 0.4) is 0 Å². The monoisotopic (exact) mass is 286 g/mol. The van der Waals surface area contributed by atoms with Crippen LogP contribution < -0.4 is 11.1 Å². The number of carbonyl (C=O) groups is 1. The lowest BCUT2D eigenvalue weighted by Gasteiger charge is -2.40. The normalized spacial score (nSPS) is 17.1. The first-order chi connectivity index (χ1) is 8.60. The van der Waals surface area contributed by atoms with E-state index >= 15 is 0 Å². The molecule has 2 rings (SSSR count). The third kappa shape index (κ3) is 2.35. The summed E-state index contributed by atoms with van der Waals surface area (Å²) < 4.78 is 0. The zero-order valence-corrected chi connectivity index (χ0v) is 11.5. The Morgan fingerprint density at radius 1 is 1.33 bits per heavy atom. The van der Waals surface area contributed by atoms with E-state index in [0.717, 1.165) is 24.8 Å². The Bertz CT molecular complexity index is 458. The third-order valence-corrected chi connectivity index (χ3v) is 4.28. The second kappa shape index (κ2) is 5.47. The van der Waals surface area contributed by atoms with E-state index in [-0.39, 0.29) is 5.91 Å². The van der Waals surface area contributed by atoms with Gasteiger partial charge in [-0.2, -0.15) is 0 Å². The zero-order valence-electron chi connectivity index (χ0n) is 10.0. The molecule has 1 saturated carbocycles. The van der Waals surface area contributed by atoms with Gasteiger partial charge in [0.25, 0.3) is 0 Å². The van der Waals surface area contributed by atoms with E-state index in [0.29, 0.717) is 23.1 Å². The third-order valence-electron chi connectivity index (χ3n) is 3.54. The molecule has 0 bridgehead atoms. The van der Waals surface area contributed by atoms with Crippen molar-refractivity contribution in [1.29, 1.82) is 0 Å². The van der Waals surface area contributed by atoms with Crippen LogP contribution in [0.2, 0.25) is 10.0 Å². The van der Waals surface area contributed by atoms with Gasteiger partial charge >= 0.3 is 0 Å². The summed E-state index contributed by atoms with van der Waals surface area (Å²) in [6.45, 7) is 0.950. The van der Waals surface area contributed by atoms with E-state index in [1.807, 2.05) is 6.07 Å². The topological polar surface area (TPSA) is 55.1 Å². The van der Waals surface area contributed by atoms with Crippen molar-refractivity contribution in [3.05, 3.63) is 33.8 Å². The molecule has 0 atom stereocenters. The van der Waals surface area contributed by atoms with Gasteiger partial charge in [-0.05, 0) is 30.5 Å². The molecule has 0 aliphatic heterocycles. The molecule has 0 radical (unpaired) electrons. The Hall–Kier alpha value is -0.770. The molecular formula is C13H16Cl2N2O. The maximum atomic E-state index is 12.3. The lowest BCUT2D eigenvalue weighted by Crippen LogP contribution is -2.50. The van der Waals surface area contributed by atoms with Gasteiger partial charge in [-0.15, -0.1) is 0 Å². The number of amides is 1. The molecule has 1 fully saturated rings. The number of hydrogen-bond acceptors (Lipinski definition) is 2. The summed E-state index contributed by atoms with van der Waals surface area (Å²) in [5.74, 6) is 0.0394. The standard InChI is InChI=1S/C13H16Cl2N2O/c14-10-3-2-9(8-11(10)15)13(4-1-5-13)12(18)17-7-6-16/h2-3,8H,1,4-7,16H2,(H,17,18). The maximum absolute atomic E-state index is 12.3. The second-order valence-electron chi connectivity index (χ2n) is 4.61. The highest BCUT2D eigenvalue weighted by Crippen LogP contribution is 2.45. The van der Waals surface area contributed by atoms with Crippen LogP contribution >= 0.6 is 23.2 Å². The molecular weight excluding hydrogens is 271 g/mol. The second-order valence-corrected chi connectivity index (χ2v) is 5.42. The number of nitrogens with two attached hydrogens (primary N) is 1. The summed E-state index contributed by atoms with van der Waals surface area (Å²) in [5, 5.41) is 3.87. The van der Waals surface area contributed by atoms with Crippen LogP contribution in [-0.2, 0) is 10.2 Å². The number of carbonyl (C=O) groups excluding carboxylic acids is 1. The minimum Gasteiger partial charge on any atom is -0.354 e. The minimum absolute atomic E-state index is 0.0394. The van der Waals surface area contributed by atoms with E-state index in [9.17, 15) is 4.79 Å². The number of benzene rings is 1. The van der Waals surface area contributed by atoms with Crippen molar-refractivity contribution in [2.45, 2.75) is 24.7 Å². The summed E-state index contributed by atoms with van der Waals surface area (Å²) in [7, 11) is 0. The summed E-state index contributed by atoms with van der Waals surface area (Å²) in [4.78, 5) is 12.3. The Balaban J connectivity index is 2.26. The molecule has 3 nitrogen and oxygen atoms in total. The molecule has 0 aromatic heterocycles. The number of halogens is 2. The van der Waals surface area contributed by atoms with E-state index < -0.39 is 5.41 Å². The van der Waals surface area contributed by atoms with Gasteiger partial charge < -0.3 is 11.1 Å². The van der Waals surface area contributed by atoms with Crippen LogP contribution in [0.4, 0.5) is 0 Å². The van der Waals surface area contributed by atoms with Crippen molar-refractivity contribution in [2.24, 2.45) is 5.73 Å². The van der Waals surface area contributed by atoms with Gasteiger partial charge in [0.2, 0.25) is 5.91 Å². The van der Waals surface area contributed by atoms with Gasteiger partial charge in [0.15, 0.2) is 0 Å². The molecule has 1 aromatic carbocycles. The molecule has 3 N–H and O–H groups in total. The van der Waals surface area contributed by atoms with Crippen LogP contribution in [0.25, 0.3) is 0 Å². The molecule has 0 saturated heterocycles. The van der Waals surface area contributed by atoms with E-state index in [1.165, 1.54) is 0 Å². The van der Waals surface area contributed by atoms with Crippen LogP contribution in [0.5, 0.6) is 0 Å². The van der Waals surface area contributed by atoms with Crippen molar-refractivity contribution in [3.63, 3.8) is 0 Å². The molecule has 0 heterocycles. The van der Waals surface area contributed by atoms with Crippen LogP contribution in [0.15, 0.2) is 18.2 Å². The number of nitrogens with one attached hydrogen (secondary N) is 1. The Morgan fingerprint density at radius 3 is 2.56 bits per heavy atom. The van der Waals surface area contributed by atoms with Crippen molar-refractivity contribution in [2.75, 3.05) is 13.1 Å². The van der Waals surface area contributed by atoms with Crippen molar-refractivity contribution in [1.82, 2.24) is 5.32 Å². The molecule has 1 aliphatic carbocycles. The largest absolute Gasteiger partial charge is 0.354 e. The molecule has 1 aliphatic rings. The zero-order chi connectivity index (χ0) is 13.2. The van der Waals surface area contributed by atoms with E-state index in [1.54, 1.807) is 12.1 Å². The van der Waals surface area contributed by atoms with Gasteiger partial charge in [-0.25, -0.2) is 0 Å². The minimum atomic E-state index is -0.441. The Morgan fingerprint density at radius 2 is 2.06 bits per heavy atom. The first-order valence-electron chi connectivity index (χ1n) is 6.04. The van der Waals surface area contributed by atoms with Crippen molar-refractivity contribution in [3.8, 4) is 0 Å². The quantitative estimate of drug-likeness (QED) is 0.894. The molecule has 18 heavy (non-hydrogen) atoms. The van der Waals surface area contributed by atoms with Crippen molar-refractivity contribution >= 4 is 29.1 Å². The van der Waals surface area contributed by atoms with Crippen LogP contribution in [-0.4, -0.2) is 19.0 Å². The van der Waals surface area contributed by atoms with Crippen LogP contribution in [0.1, 0.15) is 24.8 Å². The highest BCUT2D eigenvalue weighted by Gasteiger charge is 2.45. The Kier molecular flexibility index (Phi) is 4.15. The van der Waals surface area contributed by atoms with E-state index in [2.05, 4.69) is 5.32 Å². The fourth-order valence-electron chi connectivity index (χ4n) is 2.33. The number of rotatable bonds is 4. The molecule has 0 unspecified atom stereocenters. The summed E-state index contributed by atoms with van der Waals surface area (Å²) in [6, 6.07) is 5.43. The Labute approximate surface area is 117 Å². The van der Waals surface area contributed by atoms with Gasteiger partial charge in [-0.3, -0.25) is 4.79 Å². The highest BCUT2D eigenvalue weighted by atomic mass is 35.5. The average molecular weight is 287 g/mol. The molecule has 0 spiro atoms. The highest BCUT2D eigenvalue weighted by molar-refractivity contribution is 6.42. The fraction of sp³-hybridized carbons (Fsp3) is 0.462. The SMILES string of the molecule is NCCNC(=O)C1(c2ccc(Cl)c(Cl)c2)CCC1. The lowest BCUT2D eigenvalue weighted by atomic mass is 9.64. The molecule has 98 valence electrons. The average Bonchev–Trinajstić information content (AvgIpc) is 2.29. The maximum Gasteiger partial charge on any atom is 0.230 e. The summed E-state index contributed by atoms with van der Waals surface area (Å²) >= 11 is 11.9. The lowest BCUT2D eigenvalue weighted by molar-refractivity contribution is -0.129. The predicted molar refractivity (Wildman–Crippen MR) is 74.1 cm³/mol. The van der Waals surface area contributed by atoms with E-state index in [4.69, 9.17) is 28.9 Å². The predicted octanol–water partition coefficient (Wildman–Crippen LogP) is 2.49. The molecule has 1 aromatic rings. The fourth-order valence-corrected chi connectivity index (χ4v) is 2.62. The van der Waals surface area contributed by atoms with Crippen molar-refractivity contribution < 1.29 is 4.79 Å². The van der Waals surface area contributed by atoms with Gasteiger partial charge in [-0.1, -0.05) is 35.7 Å². The first-order valence-corrected chi connectivity index (χ1v) is 6.79. The van der Waals surface area contributed by atoms with Gasteiger partial charge in [0, 0.05) is 13.1 Å². The number of hydrogen-bond donors (Lipinski definition) is 2. The van der Waals surface area contributed by atoms with Gasteiger partial charge in [0.05, 0.1) is 15.5 Å². The summed E-state index contributed by atoms with van der Waals surface area (Å²) in [5.41, 5.74) is 5.91. The van der Waals surface area contributed by atoms with Gasteiger partial charge in [0.1, 0.15) is 0 Å². The first kappa shape index (κ1) is 13.7. The smallest absolute Gasteiger partial charge is 0.230 e. The summed E-state index contributed by atoms with van der Waals surface area (Å²) in [6.07, 6.45) is 2.75. The molecule has 1 amide bonds.